The fourth-order valence-electron chi connectivity index (χ4n) is 4.39. The molecule has 0 N–H and O–H groups in total. The van der Waals surface area contributed by atoms with Crippen molar-refractivity contribution in [2.45, 2.75) is 52.6 Å². The number of hydrogen-bond donors (Lipinski definition) is 0. The van der Waals surface area contributed by atoms with E-state index in [-0.39, 0.29) is 24.2 Å². The van der Waals surface area contributed by atoms with Crippen LogP contribution < -0.4 is 0 Å². The summed E-state index contributed by atoms with van der Waals surface area (Å²) in [6.07, 6.45) is 3.91. The molecule has 2 aliphatic rings. The van der Waals surface area contributed by atoms with Gasteiger partial charge in [-0.3, -0.25) is 19.5 Å². The average Bonchev–Trinajstić information content (AvgIpc) is 3.58. The van der Waals surface area contributed by atoms with E-state index in [1.807, 2.05) is 30.9 Å². The molecule has 1 aromatic heterocycles. The topological polar surface area (TPSA) is 53.5 Å². The molecule has 7 heteroatoms. The third-order valence-electron chi connectivity index (χ3n) is 6.60. The van der Waals surface area contributed by atoms with E-state index in [9.17, 15) is 9.59 Å². The number of hydrogen-bond acceptors (Lipinski definition) is 4. The molecule has 1 saturated carbocycles. The van der Waals surface area contributed by atoms with E-state index in [0.29, 0.717) is 27.2 Å². The third-order valence-corrected chi connectivity index (χ3v) is 7.20. The number of halogens is 2. The van der Waals surface area contributed by atoms with Crippen LogP contribution in [-0.2, 0) is 17.8 Å². The van der Waals surface area contributed by atoms with Crippen molar-refractivity contribution in [3.63, 3.8) is 0 Å². The Morgan fingerprint density at radius 1 is 1.09 bits per heavy atom. The Morgan fingerprint density at radius 2 is 1.81 bits per heavy atom. The lowest BCUT2D eigenvalue weighted by Crippen LogP contribution is -2.54. The molecule has 1 amide bonds. The molecule has 1 aliphatic carbocycles. The van der Waals surface area contributed by atoms with Crippen molar-refractivity contribution in [3.8, 4) is 0 Å². The maximum Gasteiger partial charge on any atom is 0.226 e. The van der Waals surface area contributed by atoms with Gasteiger partial charge >= 0.3 is 0 Å². The fourth-order valence-corrected chi connectivity index (χ4v) is 4.82. The van der Waals surface area contributed by atoms with Gasteiger partial charge in [-0.05, 0) is 68.5 Å². The zero-order valence-corrected chi connectivity index (χ0v) is 20.3. The number of aryl methyl sites for hydroxylation is 1. The molecular weight excluding hydrogens is 445 g/mol. The van der Waals surface area contributed by atoms with Gasteiger partial charge in [0.2, 0.25) is 5.91 Å². The number of benzene rings is 1. The molecule has 2 fully saturated rings. The fraction of sp³-hybridized carbons (Fsp3) is 0.480. The normalized spacial score (nSPS) is 19.3. The number of piperazine rings is 1. The molecular formula is C25H29Cl2N3O2. The Balaban J connectivity index is 1.45. The minimum absolute atomic E-state index is 0.0310. The quantitative estimate of drug-likeness (QED) is 0.561. The summed E-state index contributed by atoms with van der Waals surface area (Å²) in [6.45, 7) is 9.19. The van der Waals surface area contributed by atoms with Crippen LogP contribution in [0, 0.1) is 19.8 Å². The second-order valence-electron chi connectivity index (χ2n) is 9.13. The lowest BCUT2D eigenvalue weighted by atomic mass is 9.96. The SMILES string of the molecule is Cc1ncc(C(=O)Cc2cc(Cl)cc(CN3CCN(C(=O)C4CC4)[C@@H](C)C3)c2C)cc1Cl. The van der Waals surface area contributed by atoms with Gasteiger partial charge in [0, 0.05) is 61.3 Å². The van der Waals surface area contributed by atoms with E-state index in [2.05, 4.69) is 16.8 Å². The zero-order chi connectivity index (χ0) is 23.0. The third kappa shape index (κ3) is 5.16. The van der Waals surface area contributed by atoms with E-state index in [1.54, 1.807) is 12.3 Å². The highest BCUT2D eigenvalue weighted by Crippen LogP contribution is 2.32. The van der Waals surface area contributed by atoms with Crippen molar-refractivity contribution in [2.75, 3.05) is 19.6 Å². The highest BCUT2D eigenvalue weighted by atomic mass is 35.5. The minimum atomic E-state index is -0.0310. The number of carbonyl (C=O) groups is 2. The molecule has 32 heavy (non-hydrogen) atoms. The summed E-state index contributed by atoms with van der Waals surface area (Å²) in [5.74, 6) is 0.553. The Kier molecular flexibility index (Phi) is 6.89. The molecule has 1 aliphatic heterocycles. The molecule has 4 rings (SSSR count). The zero-order valence-electron chi connectivity index (χ0n) is 18.8. The molecule has 0 bridgehead atoms. The Labute approximate surface area is 199 Å². The number of ketones is 1. The monoisotopic (exact) mass is 473 g/mol. The summed E-state index contributed by atoms with van der Waals surface area (Å²) in [6, 6.07) is 5.74. The number of rotatable bonds is 6. The smallest absolute Gasteiger partial charge is 0.226 e. The van der Waals surface area contributed by atoms with Crippen molar-refractivity contribution in [3.05, 3.63) is 62.4 Å². The van der Waals surface area contributed by atoms with Crippen LogP contribution in [0.1, 0.15) is 52.5 Å². The molecule has 2 aromatic rings. The van der Waals surface area contributed by atoms with Crippen LogP contribution in [0.25, 0.3) is 0 Å². The first-order chi connectivity index (χ1) is 15.2. The Morgan fingerprint density at radius 3 is 2.47 bits per heavy atom. The summed E-state index contributed by atoms with van der Waals surface area (Å²) in [5.41, 5.74) is 4.33. The van der Waals surface area contributed by atoms with Crippen molar-refractivity contribution in [1.82, 2.24) is 14.8 Å². The summed E-state index contributed by atoms with van der Waals surface area (Å²) in [4.78, 5) is 34.0. The highest BCUT2D eigenvalue weighted by molar-refractivity contribution is 6.31. The number of aromatic nitrogens is 1. The second-order valence-corrected chi connectivity index (χ2v) is 9.97. The van der Waals surface area contributed by atoms with E-state index in [4.69, 9.17) is 23.2 Å². The first-order valence-corrected chi connectivity index (χ1v) is 11.9. The van der Waals surface area contributed by atoms with Gasteiger partial charge in [0.1, 0.15) is 0 Å². The van der Waals surface area contributed by atoms with Crippen LogP contribution >= 0.6 is 23.2 Å². The van der Waals surface area contributed by atoms with Crippen LogP contribution in [0.15, 0.2) is 24.4 Å². The molecule has 1 saturated heterocycles. The lowest BCUT2D eigenvalue weighted by molar-refractivity contribution is -0.137. The minimum Gasteiger partial charge on any atom is -0.337 e. The van der Waals surface area contributed by atoms with Crippen molar-refractivity contribution in [2.24, 2.45) is 5.92 Å². The molecule has 1 atom stereocenters. The molecule has 0 radical (unpaired) electrons. The van der Waals surface area contributed by atoms with Crippen LogP contribution in [-0.4, -0.2) is 52.2 Å². The first kappa shape index (κ1) is 23.2. The number of carbonyl (C=O) groups excluding carboxylic acids is 2. The summed E-state index contributed by atoms with van der Waals surface area (Å²) >= 11 is 12.6. The maximum absolute atomic E-state index is 12.9. The van der Waals surface area contributed by atoms with Gasteiger partial charge in [-0.15, -0.1) is 0 Å². The van der Waals surface area contributed by atoms with Crippen molar-refractivity contribution in [1.29, 1.82) is 0 Å². The largest absolute Gasteiger partial charge is 0.337 e. The Hall–Kier alpha value is -1.95. The van der Waals surface area contributed by atoms with Crippen LogP contribution in [0.5, 0.6) is 0 Å². The van der Waals surface area contributed by atoms with Crippen LogP contribution in [0.3, 0.4) is 0 Å². The molecule has 0 spiro atoms. The van der Waals surface area contributed by atoms with E-state index in [1.165, 1.54) is 0 Å². The van der Waals surface area contributed by atoms with E-state index >= 15 is 0 Å². The predicted molar refractivity (Wildman–Crippen MR) is 127 cm³/mol. The maximum atomic E-state index is 12.9. The van der Waals surface area contributed by atoms with Gasteiger partial charge in [0.15, 0.2) is 5.78 Å². The molecule has 2 heterocycles. The second kappa shape index (κ2) is 9.50. The average molecular weight is 474 g/mol. The van der Waals surface area contributed by atoms with Crippen LogP contribution in [0.4, 0.5) is 0 Å². The number of amides is 1. The van der Waals surface area contributed by atoms with Gasteiger partial charge in [-0.1, -0.05) is 23.2 Å². The lowest BCUT2D eigenvalue weighted by Gasteiger charge is -2.40. The van der Waals surface area contributed by atoms with Gasteiger partial charge in [0.05, 0.1) is 10.7 Å². The predicted octanol–water partition coefficient (Wildman–Crippen LogP) is 4.87. The van der Waals surface area contributed by atoms with Gasteiger partial charge < -0.3 is 4.90 Å². The summed E-state index contributed by atoms with van der Waals surface area (Å²) in [5, 5.41) is 1.12. The summed E-state index contributed by atoms with van der Waals surface area (Å²) < 4.78 is 0. The Bertz CT molecular complexity index is 1050. The van der Waals surface area contributed by atoms with Gasteiger partial charge in [-0.2, -0.15) is 0 Å². The van der Waals surface area contributed by atoms with Crippen molar-refractivity contribution >= 4 is 34.9 Å². The molecule has 0 unspecified atom stereocenters. The highest BCUT2D eigenvalue weighted by Gasteiger charge is 2.37. The van der Waals surface area contributed by atoms with E-state index < -0.39 is 0 Å². The van der Waals surface area contributed by atoms with Gasteiger partial charge in [-0.25, -0.2) is 0 Å². The number of Topliss-reactive ketones (excluding diaryl/α,β-unsaturated/α-hetero) is 1. The molecule has 5 nitrogen and oxygen atoms in total. The van der Waals surface area contributed by atoms with Gasteiger partial charge in [0.25, 0.3) is 0 Å². The molecule has 170 valence electrons. The van der Waals surface area contributed by atoms with Crippen LogP contribution in [0.2, 0.25) is 10.0 Å². The molecule has 1 aromatic carbocycles. The number of nitrogens with zero attached hydrogens (tertiary/aromatic N) is 3. The number of pyridine rings is 1. The first-order valence-electron chi connectivity index (χ1n) is 11.2. The van der Waals surface area contributed by atoms with E-state index in [0.717, 1.165) is 55.7 Å². The summed E-state index contributed by atoms with van der Waals surface area (Å²) in [7, 11) is 0. The van der Waals surface area contributed by atoms with Crippen molar-refractivity contribution < 1.29 is 9.59 Å². The standard InChI is InChI=1S/C25H29Cl2N3O2/c1-15-13-29(6-7-30(15)25(32)18-4-5-18)14-21-9-22(26)8-19(16(21)2)11-24(31)20-10-23(27)17(3)28-12-20/h8-10,12,15,18H,4-7,11,13-14H2,1-3H3/t15-/m0/s1.